The molecule has 0 radical (unpaired) electrons. The van der Waals surface area contributed by atoms with E-state index >= 15 is 0 Å². The van der Waals surface area contributed by atoms with Crippen LogP contribution >= 0.6 is 0 Å². The summed E-state index contributed by atoms with van der Waals surface area (Å²) in [6, 6.07) is 0. The average molecular weight is 322 g/mol. The summed E-state index contributed by atoms with van der Waals surface area (Å²) < 4.78 is 19.2. The Labute approximate surface area is 138 Å². The Morgan fingerprint density at radius 2 is 1.74 bits per heavy atom. The highest BCUT2D eigenvalue weighted by atomic mass is 16.7. The lowest BCUT2D eigenvalue weighted by Gasteiger charge is -2.32. The number of ether oxygens (including phenoxy) is 1. The van der Waals surface area contributed by atoms with Crippen LogP contribution in [0.4, 0.5) is 5.69 Å². The van der Waals surface area contributed by atoms with Crippen molar-refractivity contribution in [3.05, 3.63) is 11.4 Å². The molecule has 128 valence electrons. The van der Waals surface area contributed by atoms with Gasteiger partial charge >= 0.3 is 13.1 Å². The van der Waals surface area contributed by atoms with Crippen molar-refractivity contribution in [2.24, 2.45) is 7.05 Å². The van der Waals surface area contributed by atoms with E-state index in [4.69, 9.17) is 19.8 Å². The van der Waals surface area contributed by atoms with Crippen LogP contribution in [0.3, 0.4) is 0 Å². The number of carbonyl (C=O) groups excluding carboxylic acids is 1. The van der Waals surface area contributed by atoms with Crippen molar-refractivity contribution in [1.82, 2.24) is 4.57 Å². The molecule has 2 rings (SSSR count). The minimum Gasteiger partial charge on any atom is -0.461 e. The second kappa shape index (κ2) is 5.87. The van der Waals surface area contributed by atoms with Crippen LogP contribution < -0.4 is 11.2 Å². The van der Waals surface area contributed by atoms with Crippen LogP contribution in [0.25, 0.3) is 0 Å². The molecule has 0 aromatic carbocycles. The molecular formula is C16H27BN2O4. The number of carbonyl (C=O) groups is 1. The van der Waals surface area contributed by atoms with Gasteiger partial charge in [0.15, 0.2) is 0 Å². The van der Waals surface area contributed by atoms with Crippen molar-refractivity contribution in [3.63, 3.8) is 0 Å². The van der Waals surface area contributed by atoms with E-state index in [1.54, 1.807) is 11.5 Å². The van der Waals surface area contributed by atoms with Gasteiger partial charge in [-0.1, -0.05) is 6.92 Å². The van der Waals surface area contributed by atoms with Crippen LogP contribution in [0, 0.1) is 0 Å². The van der Waals surface area contributed by atoms with Crippen LogP contribution in [-0.2, 0) is 27.5 Å². The van der Waals surface area contributed by atoms with Crippen LogP contribution in [0.2, 0.25) is 0 Å². The van der Waals surface area contributed by atoms with Gasteiger partial charge in [-0.05, 0) is 41.0 Å². The van der Waals surface area contributed by atoms with E-state index in [-0.39, 0.29) is 0 Å². The monoisotopic (exact) mass is 322 g/mol. The molecule has 1 fully saturated rings. The maximum atomic E-state index is 12.4. The van der Waals surface area contributed by atoms with Crippen molar-refractivity contribution < 1.29 is 18.8 Å². The smallest absolute Gasteiger partial charge is 0.461 e. The molecule has 1 aromatic rings. The zero-order valence-electron chi connectivity index (χ0n) is 15.1. The quantitative estimate of drug-likeness (QED) is 0.674. The van der Waals surface area contributed by atoms with Gasteiger partial charge in [0, 0.05) is 18.2 Å². The minimum atomic E-state index is -0.689. The Morgan fingerprint density at radius 3 is 2.17 bits per heavy atom. The van der Waals surface area contributed by atoms with Gasteiger partial charge in [-0.2, -0.15) is 0 Å². The lowest BCUT2D eigenvalue weighted by Crippen LogP contribution is -2.41. The number of hydrogen-bond donors (Lipinski definition) is 1. The van der Waals surface area contributed by atoms with Crippen molar-refractivity contribution in [3.8, 4) is 0 Å². The lowest BCUT2D eigenvalue weighted by molar-refractivity contribution is 0.00578. The Kier molecular flexibility index (Phi) is 4.56. The number of nitrogen functional groups attached to an aromatic ring is 1. The molecule has 0 aliphatic carbocycles. The predicted molar refractivity (Wildman–Crippen MR) is 90.9 cm³/mol. The van der Waals surface area contributed by atoms with Crippen molar-refractivity contribution >= 4 is 24.2 Å². The first-order valence-corrected chi connectivity index (χ1v) is 8.07. The van der Waals surface area contributed by atoms with E-state index in [9.17, 15) is 4.79 Å². The van der Waals surface area contributed by atoms with Gasteiger partial charge in [-0.3, -0.25) is 0 Å². The molecule has 23 heavy (non-hydrogen) atoms. The van der Waals surface area contributed by atoms with Crippen LogP contribution in [0.1, 0.15) is 57.7 Å². The van der Waals surface area contributed by atoms with Gasteiger partial charge in [0.25, 0.3) is 0 Å². The summed E-state index contributed by atoms with van der Waals surface area (Å²) >= 11 is 0. The fourth-order valence-corrected chi connectivity index (χ4v) is 2.85. The molecule has 1 aliphatic heterocycles. The van der Waals surface area contributed by atoms with Crippen molar-refractivity contribution in [2.45, 2.75) is 59.2 Å². The zero-order chi connectivity index (χ0) is 17.6. The van der Waals surface area contributed by atoms with Gasteiger partial charge in [0.2, 0.25) is 0 Å². The number of hydrogen-bond acceptors (Lipinski definition) is 5. The van der Waals surface area contributed by atoms with Crippen LogP contribution in [0.5, 0.6) is 0 Å². The molecule has 2 heterocycles. The van der Waals surface area contributed by atoms with Crippen LogP contribution in [-0.4, -0.2) is 35.5 Å². The molecule has 0 spiro atoms. The fraction of sp³-hybridized carbons (Fsp3) is 0.688. The summed E-state index contributed by atoms with van der Waals surface area (Å²) in [5, 5.41) is 0. The molecular weight excluding hydrogens is 295 g/mol. The summed E-state index contributed by atoms with van der Waals surface area (Å²) in [5.74, 6) is -0.411. The normalized spacial score (nSPS) is 19.2. The SMILES string of the molecule is CCOC(=O)c1c(B2OC(C)(C)C(C)(C)O2)c(N)c(CC)n1C. The molecule has 1 aliphatic rings. The molecule has 6 nitrogen and oxygen atoms in total. The topological polar surface area (TPSA) is 75.7 Å². The third-order valence-corrected chi connectivity index (χ3v) is 4.89. The molecule has 1 saturated heterocycles. The molecule has 2 N–H and O–H groups in total. The third kappa shape index (κ3) is 2.76. The number of rotatable bonds is 4. The zero-order valence-corrected chi connectivity index (χ0v) is 15.1. The number of anilines is 1. The summed E-state index contributed by atoms with van der Waals surface area (Å²) in [4.78, 5) is 12.4. The average Bonchev–Trinajstić information content (AvgIpc) is 2.80. The van der Waals surface area contributed by atoms with E-state index in [1.807, 2.05) is 41.7 Å². The third-order valence-electron chi connectivity index (χ3n) is 4.89. The lowest BCUT2D eigenvalue weighted by atomic mass is 9.77. The van der Waals surface area contributed by atoms with E-state index in [0.29, 0.717) is 29.9 Å². The first-order chi connectivity index (χ1) is 10.6. The van der Waals surface area contributed by atoms with E-state index in [1.165, 1.54) is 0 Å². The number of nitrogens with zero attached hydrogens (tertiary/aromatic N) is 1. The highest BCUT2D eigenvalue weighted by molar-refractivity contribution is 6.65. The standard InChI is InChI=1S/C16H27BN2O4/c1-8-10-12(18)11(13(19(10)7)14(20)21-9-2)17-22-15(3,4)16(5,6)23-17/h8-9,18H2,1-7H3. The second-order valence-electron chi connectivity index (χ2n) is 6.84. The first kappa shape index (κ1) is 17.9. The number of nitrogens with two attached hydrogens (primary N) is 1. The van der Waals surface area contributed by atoms with E-state index in [2.05, 4.69) is 0 Å². The van der Waals surface area contributed by atoms with E-state index < -0.39 is 24.3 Å². The minimum absolute atomic E-state index is 0.300. The fourth-order valence-electron chi connectivity index (χ4n) is 2.85. The molecule has 0 unspecified atom stereocenters. The Hall–Kier alpha value is -1.47. The number of esters is 1. The summed E-state index contributed by atoms with van der Waals surface area (Å²) in [5.41, 5.74) is 7.70. The van der Waals surface area contributed by atoms with Crippen LogP contribution in [0.15, 0.2) is 0 Å². The maximum absolute atomic E-state index is 12.4. The molecule has 0 atom stereocenters. The second-order valence-corrected chi connectivity index (χ2v) is 6.84. The highest BCUT2D eigenvalue weighted by Gasteiger charge is 2.54. The summed E-state index contributed by atoms with van der Waals surface area (Å²) in [6.07, 6.45) is 0.703. The molecule has 1 aromatic heterocycles. The van der Waals surface area contributed by atoms with Crippen molar-refractivity contribution in [2.75, 3.05) is 12.3 Å². The van der Waals surface area contributed by atoms with E-state index in [0.717, 1.165) is 5.69 Å². The van der Waals surface area contributed by atoms with Crippen molar-refractivity contribution in [1.29, 1.82) is 0 Å². The molecule has 0 bridgehead atoms. The summed E-state index contributed by atoms with van der Waals surface area (Å²) in [6.45, 7) is 11.9. The van der Waals surface area contributed by atoms with Gasteiger partial charge in [-0.25, -0.2) is 4.79 Å². The maximum Gasteiger partial charge on any atom is 0.499 e. The Bertz CT molecular complexity index is 606. The highest BCUT2D eigenvalue weighted by Crippen LogP contribution is 2.37. The Balaban J connectivity index is 2.56. The first-order valence-electron chi connectivity index (χ1n) is 8.07. The largest absolute Gasteiger partial charge is 0.499 e. The molecule has 7 heteroatoms. The predicted octanol–water partition coefficient (Wildman–Crippen LogP) is 1.65. The Morgan fingerprint density at radius 1 is 1.22 bits per heavy atom. The van der Waals surface area contributed by atoms with Gasteiger partial charge < -0.3 is 24.3 Å². The van der Waals surface area contributed by atoms with Gasteiger partial charge in [-0.15, -0.1) is 0 Å². The van der Waals surface area contributed by atoms with Gasteiger partial charge in [0.1, 0.15) is 5.69 Å². The number of aromatic nitrogens is 1. The molecule has 0 saturated carbocycles. The molecule has 0 amide bonds. The summed E-state index contributed by atoms with van der Waals surface area (Å²) in [7, 11) is 1.13. The van der Waals surface area contributed by atoms with Gasteiger partial charge in [0.05, 0.1) is 23.5 Å².